The van der Waals surface area contributed by atoms with Crippen LogP contribution in [0.1, 0.15) is 23.2 Å². The number of hydrogen-bond donors (Lipinski definition) is 0. The summed E-state index contributed by atoms with van der Waals surface area (Å²) in [6.07, 6.45) is 1.82. The van der Waals surface area contributed by atoms with Crippen LogP contribution < -0.4 is 5.63 Å². The maximum Gasteiger partial charge on any atom is 0.343 e. The molecule has 1 aromatic carbocycles. The molecule has 0 bridgehead atoms. The molecule has 22 heavy (non-hydrogen) atoms. The van der Waals surface area contributed by atoms with Crippen LogP contribution in [0.15, 0.2) is 51.8 Å². The highest BCUT2D eigenvalue weighted by molar-refractivity contribution is 9.09. The first-order chi connectivity index (χ1) is 10.1. The van der Waals surface area contributed by atoms with Crippen LogP contribution in [0.5, 0.6) is 0 Å². The molecule has 3 nitrogen and oxygen atoms in total. The molecule has 0 radical (unpaired) electrons. The third-order valence-corrected chi connectivity index (χ3v) is 3.84. The minimum Gasteiger partial charge on any atom is -0.426 e. The van der Waals surface area contributed by atoms with Gasteiger partial charge in [-0.15, -0.1) is 17.0 Å². The number of alkyl halides is 1. The van der Waals surface area contributed by atoms with Gasteiger partial charge in [-0.25, -0.2) is 4.79 Å². The fourth-order valence-electron chi connectivity index (χ4n) is 2.41. The van der Waals surface area contributed by atoms with Crippen molar-refractivity contribution in [2.45, 2.75) is 18.7 Å². The van der Waals surface area contributed by atoms with E-state index >= 15 is 0 Å². The molecular formula is C17H15Br2NO2. The summed E-state index contributed by atoms with van der Waals surface area (Å²) >= 11 is 3.51. The van der Waals surface area contributed by atoms with E-state index in [9.17, 15) is 4.79 Å². The molecule has 2 aromatic heterocycles. The Bertz CT molecular complexity index is 855. The molecule has 0 N–H and O–H groups in total. The van der Waals surface area contributed by atoms with Gasteiger partial charge in [0.05, 0.1) is 10.2 Å². The molecule has 5 heteroatoms. The zero-order valence-corrected chi connectivity index (χ0v) is 15.5. The lowest BCUT2D eigenvalue weighted by Crippen LogP contribution is -2.05. The third kappa shape index (κ3) is 3.01. The minimum atomic E-state index is -0.310. The first-order valence-electron chi connectivity index (χ1n) is 6.71. The maximum atomic E-state index is 12.1. The smallest absolute Gasteiger partial charge is 0.343 e. The van der Waals surface area contributed by atoms with Gasteiger partial charge in [0.15, 0.2) is 0 Å². The van der Waals surface area contributed by atoms with E-state index in [2.05, 4.69) is 20.9 Å². The molecule has 2 heterocycles. The van der Waals surface area contributed by atoms with Crippen LogP contribution in [0.2, 0.25) is 0 Å². The summed E-state index contributed by atoms with van der Waals surface area (Å²) in [4.78, 5) is 16.4. The molecule has 3 aromatic rings. The summed E-state index contributed by atoms with van der Waals surface area (Å²) in [5, 5.41) is 1.48. The Morgan fingerprint density at radius 1 is 1.14 bits per heavy atom. The average Bonchev–Trinajstić information content (AvgIpc) is 2.48. The number of aromatic nitrogens is 1. The zero-order valence-electron chi connectivity index (χ0n) is 12.2. The number of nitrogens with zero attached hydrogens (tertiary/aromatic N) is 1. The highest BCUT2D eigenvalue weighted by Gasteiger charge is 2.18. The summed E-state index contributed by atoms with van der Waals surface area (Å²) in [6, 6.07) is 11.5. The minimum absolute atomic E-state index is 0. The SMILES string of the molecule is Br.Cc1ccc(-c2c(C(C)Br)oc(=O)c3ccccc23)cn1. The summed E-state index contributed by atoms with van der Waals surface area (Å²) < 4.78 is 5.54. The highest BCUT2D eigenvalue weighted by Crippen LogP contribution is 2.36. The number of aryl methyl sites for hydroxylation is 1. The van der Waals surface area contributed by atoms with Crippen LogP contribution in [0.25, 0.3) is 21.9 Å². The van der Waals surface area contributed by atoms with E-state index < -0.39 is 0 Å². The number of rotatable bonds is 2. The highest BCUT2D eigenvalue weighted by atomic mass is 79.9. The second-order valence-corrected chi connectivity index (χ2v) is 6.35. The number of pyridine rings is 1. The van der Waals surface area contributed by atoms with Crippen LogP contribution in [0.3, 0.4) is 0 Å². The Labute approximate surface area is 147 Å². The fourth-order valence-corrected chi connectivity index (χ4v) is 2.73. The van der Waals surface area contributed by atoms with Gasteiger partial charge in [0.2, 0.25) is 0 Å². The van der Waals surface area contributed by atoms with Crippen molar-refractivity contribution in [1.29, 1.82) is 0 Å². The molecule has 0 aliphatic rings. The van der Waals surface area contributed by atoms with Crippen molar-refractivity contribution in [1.82, 2.24) is 4.98 Å². The Kier molecular flexibility index (Phi) is 5.19. The molecular weight excluding hydrogens is 410 g/mol. The molecule has 0 aliphatic carbocycles. The van der Waals surface area contributed by atoms with Gasteiger partial charge >= 0.3 is 5.63 Å². The Hall–Kier alpha value is -1.46. The Morgan fingerprint density at radius 3 is 2.41 bits per heavy atom. The van der Waals surface area contributed by atoms with Crippen LogP contribution >= 0.6 is 32.9 Å². The van der Waals surface area contributed by atoms with Crippen molar-refractivity contribution in [3.05, 3.63) is 64.5 Å². The summed E-state index contributed by atoms with van der Waals surface area (Å²) in [5.74, 6) is 0.629. The number of hydrogen-bond acceptors (Lipinski definition) is 3. The van der Waals surface area contributed by atoms with Crippen LogP contribution in [0, 0.1) is 6.92 Å². The van der Waals surface area contributed by atoms with E-state index in [1.807, 2.05) is 50.4 Å². The van der Waals surface area contributed by atoms with Crippen molar-refractivity contribution in [3.8, 4) is 11.1 Å². The molecule has 3 rings (SSSR count). The van der Waals surface area contributed by atoms with Crippen LogP contribution in [-0.2, 0) is 0 Å². The van der Waals surface area contributed by atoms with Crippen LogP contribution in [0.4, 0.5) is 0 Å². The van der Waals surface area contributed by atoms with E-state index in [1.54, 1.807) is 6.07 Å². The van der Waals surface area contributed by atoms with E-state index in [1.165, 1.54) is 0 Å². The van der Waals surface area contributed by atoms with Gasteiger partial charge in [0.1, 0.15) is 5.76 Å². The maximum absolute atomic E-state index is 12.1. The van der Waals surface area contributed by atoms with Gasteiger partial charge in [-0.05, 0) is 26.0 Å². The monoisotopic (exact) mass is 423 g/mol. The van der Waals surface area contributed by atoms with Gasteiger partial charge < -0.3 is 4.42 Å². The zero-order chi connectivity index (χ0) is 15.0. The molecule has 0 saturated heterocycles. The van der Waals surface area contributed by atoms with Crippen molar-refractivity contribution < 1.29 is 4.42 Å². The molecule has 1 unspecified atom stereocenters. The first kappa shape index (κ1) is 16.9. The lowest BCUT2D eigenvalue weighted by molar-refractivity contribution is 0.473. The van der Waals surface area contributed by atoms with E-state index in [4.69, 9.17) is 4.42 Å². The number of fused-ring (bicyclic) bond motifs is 1. The van der Waals surface area contributed by atoms with Gasteiger partial charge in [-0.1, -0.05) is 40.2 Å². The number of halogens is 2. The summed E-state index contributed by atoms with van der Waals surface area (Å²) in [6.45, 7) is 3.89. The standard InChI is InChI=1S/C17H14BrNO2.BrH/c1-10-7-8-12(9-19-10)15-13-5-3-4-6-14(13)17(20)21-16(15)11(2)18;/h3-9,11H,1-2H3;1H. The summed E-state index contributed by atoms with van der Waals surface area (Å²) in [5.41, 5.74) is 2.51. The summed E-state index contributed by atoms with van der Waals surface area (Å²) in [7, 11) is 0. The van der Waals surface area contributed by atoms with Crippen molar-refractivity contribution in [3.63, 3.8) is 0 Å². The fraction of sp³-hybridized carbons (Fsp3) is 0.176. The van der Waals surface area contributed by atoms with Crippen molar-refractivity contribution in [2.24, 2.45) is 0 Å². The molecule has 1 atom stereocenters. The number of benzene rings is 1. The third-order valence-electron chi connectivity index (χ3n) is 3.43. The quantitative estimate of drug-likeness (QED) is 0.531. The second kappa shape index (κ2) is 6.75. The molecule has 114 valence electrons. The van der Waals surface area contributed by atoms with E-state index in [-0.39, 0.29) is 27.4 Å². The average molecular weight is 425 g/mol. The normalized spacial score (nSPS) is 12.0. The van der Waals surface area contributed by atoms with E-state index in [0.29, 0.717) is 11.1 Å². The molecule has 0 aliphatic heterocycles. The van der Waals surface area contributed by atoms with Gasteiger partial charge in [-0.2, -0.15) is 0 Å². The molecule has 0 saturated carbocycles. The van der Waals surface area contributed by atoms with Gasteiger partial charge in [0.25, 0.3) is 0 Å². The van der Waals surface area contributed by atoms with Gasteiger partial charge in [-0.3, -0.25) is 4.98 Å². The Morgan fingerprint density at radius 2 is 1.82 bits per heavy atom. The van der Waals surface area contributed by atoms with E-state index in [0.717, 1.165) is 22.2 Å². The molecule has 0 amide bonds. The predicted octanol–water partition coefficient (Wildman–Crippen LogP) is 5.20. The van der Waals surface area contributed by atoms with Crippen molar-refractivity contribution in [2.75, 3.05) is 0 Å². The van der Waals surface area contributed by atoms with Crippen molar-refractivity contribution >= 4 is 43.7 Å². The molecule has 0 spiro atoms. The topological polar surface area (TPSA) is 43.1 Å². The van der Waals surface area contributed by atoms with Crippen LogP contribution in [-0.4, -0.2) is 4.98 Å². The first-order valence-corrected chi connectivity index (χ1v) is 7.62. The largest absolute Gasteiger partial charge is 0.426 e. The molecule has 0 fully saturated rings. The second-order valence-electron chi connectivity index (χ2n) is 4.98. The lowest BCUT2D eigenvalue weighted by Gasteiger charge is -2.13. The van der Waals surface area contributed by atoms with Gasteiger partial charge in [0, 0.05) is 28.4 Å². The lowest BCUT2D eigenvalue weighted by atomic mass is 9.98. The Balaban J connectivity index is 0.00000176. The predicted molar refractivity (Wildman–Crippen MR) is 98.1 cm³/mol.